The maximum absolute atomic E-state index is 12.2. The molecule has 0 bridgehead atoms. The van der Waals surface area contributed by atoms with Gasteiger partial charge in [-0.3, -0.25) is 4.79 Å². The van der Waals surface area contributed by atoms with Crippen molar-refractivity contribution in [3.8, 4) is 0 Å². The Bertz CT molecular complexity index is 373. The predicted octanol–water partition coefficient (Wildman–Crippen LogP) is 1.13. The standard InChI is InChI=1S/C13H24N2O4/c1-12(2,3)19-11(17)15-7-8(10(16)18-6)9(14)13(15,4)5/h8-9H,7,14H2,1-6H3. The van der Waals surface area contributed by atoms with Crippen LogP contribution in [0, 0.1) is 5.92 Å². The van der Waals surface area contributed by atoms with Crippen LogP contribution in [-0.2, 0) is 14.3 Å². The molecule has 110 valence electrons. The van der Waals surface area contributed by atoms with E-state index in [1.165, 1.54) is 12.0 Å². The zero-order chi connectivity index (χ0) is 15.0. The molecule has 1 amide bonds. The van der Waals surface area contributed by atoms with E-state index in [-0.39, 0.29) is 6.54 Å². The van der Waals surface area contributed by atoms with Crippen molar-refractivity contribution in [2.24, 2.45) is 11.7 Å². The van der Waals surface area contributed by atoms with Crippen molar-refractivity contribution >= 4 is 12.1 Å². The quantitative estimate of drug-likeness (QED) is 0.724. The highest BCUT2D eigenvalue weighted by Gasteiger charge is 2.52. The third-order valence-corrected chi connectivity index (χ3v) is 3.44. The van der Waals surface area contributed by atoms with Gasteiger partial charge in [0.05, 0.1) is 18.6 Å². The second-order valence-electron chi connectivity index (χ2n) is 6.40. The van der Waals surface area contributed by atoms with Crippen molar-refractivity contribution < 1.29 is 19.1 Å². The van der Waals surface area contributed by atoms with Crippen LogP contribution in [-0.4, -0.2) is 47.8 Å². The minimum absolute atomic E-state index is 0.218. The van der Waals surface area contributed by atoms with E-state index in [1.54, 1.807) is 20.8 Å². The van der Waals surface area contributed by atoms with E-state index in [1.807, 2.05) is 13.8 Å². The van der Waals surface area contributed by atoms with E-state index in [4.69, 9.17) is 15.2 Å². The molecule has 1 heterocycles. The summed E-state index contributed by atoms with van der Waals surface area (Å²) in [7, 11) is 1.32. The molecule has 6 nitrogen and oxygen atoms in total. The van der Waals surface area contributed by atoms with Crippen LogP contribution in [0.1, 0.15) is 34.6 Å². The molecule has 0 aromatic rings. The summed E-state index contributed by atoms with van der Waals surface area (Å²) in [6.07, 6.45) is -0.459. The van der Waals surface area contributed by atoms with Crippen LogP contribution in [0.4, 0.5) is 4.79 Å². The number of esters is 1. The van der Waals surface area contributed by atoms with Crippen LogP contribution in [0.15, 0.2) is 0 Å². The first-order chi connectivity index (χ1) is 8.50. The minimum Gasteiger partial charge on any atom is -0.469 e. The summed E-state index contributed by atoms with van der Waals surface area (Å²) in [4.78, 5) is 25.4. The Hall–Kier alpha value is -1.30. The molecule has 0 spiro atoms. The summed E-state index contributed by atoms with van der Waals surface area (Å²) in [5.74, 6) is -0.917. The molecular weight excluding hydrogens is 248 g/mol. The van der Waals surface area contributed by atoms with Crippen LogP contribution < -0.4 is 5.73 Å². The van der Waals surface area contributed by atoms with Crippen molar-refractivity contribution in [3.05, 3.63) is 0 Å². The van der Waals surface area contributed by atoms with Gasteiger partial charge in [0.1, 0.15) is 5.60 Å². The molecule has 0 aliphatic carbocycles. The number of carbonyl (C=O) groups is 2. The van der Waals surface area contributed by atoms with Gasteiger partial charge in [0.2, 0.25) is 0 Å². The highest BCUT2D eigenvalue weighted by Crippen LogP contribution is 2.33. The smallest absolute Gasteiger partial charge is 0.410 e. The van der Waals surface area contributed by atoms with Crippen molar-refractivity contribution in [3.63, 3.8) is 0 Å². The summed E-state index contributed by atoms with van der Waals surface area (Å²) in [6, 6.07) is -0.479. The number of hydrogen-bond donors (Lipinski definition) is 1. The van der Waals surface area contributed by atoms with Gasteiger partial charge < -0.3 is 20.1 Å². The lowest BCUT2D eigenvalue weighted by Crippen LogP contribution is -2.53. The molecule has 2 N–H and O–H groups in total. The fourth-order valence-electron chi connectivity index (χ4n) is 2.22. The number of rotatable bonds is 1. The molecule has 0 radical (unpaired) electrons. The van der Waals surface area contributed by atoms with Crippen LogP contribution in [0.3, 0.4) is 0 Å². The lowest BCUT2D eigenvalue weighted by atomic mass is 9.90. The average molecular weight is 272 g/mol. The highest BCUT2D eigenvalue weighted by atomic mass is 16.6. The zero-order valence-corrected chi connectivity index (χ0v) is 12.5. The maximum Gasteiger partial charge on any atom is 0.410 e. The summed E-state index contributed by atoms with van der Waals surface area (Å²) in [5.41, 5.74) is 4.84. The molecule has 1 fully saturated rings. The Kier molecular flexibility index (Phi) is 4.14. The second kappa shape index (κ2) is 5.00. The number of carbonyl (C=O) groups excluding carboxylic acids is 2. The number of methoxy groups -OCH3 is 1. The Morgan fingerprint density at radius 3 is 2.26 bits per heavy atom. The second-order valence-corrected chi connectivity index (χ2v) is 6.40. The number of hydrogen-bond acceptors (Lipinski definition) is 5. The predicted molar refractivity (Wildman–Crippen MR) is 70.5 cm³/mol. The molecule has 1 aliphatic rings. The van der Waals surface area contributed by atoms with E-state index in [9.17, 15) is 9.59 Å². The van der Waals surface area contributed by atoms with Crippen molar-refractivity contribution in [2.45, 2.75) is 51.8 Å². The van der Waals surface area contributed by atoms with E-state index < -0.39 is 35.2 Å². The Balaban J connectivity index is 2.91. The fraction of sp³-hybridized carbons (Fsp3) is 0.846. The molecule has 19 heavy (non-hydrogen) atoms. The SMILES string of the molecule is COC(=O)C1CN(C(=O)OC(C)(C)C)C(C)(C)C1N. The normalized spacial score (nSPS) is 26.2. The molecule has 2 unspecified atom stereocenters. The van der Waals surface area contributed by atoms with Gasteiger partial charge in [-0.15, -0.1) is 0 Å². The molecular formula is C13H24N2O4. The molecule has 1 saturated heterocycles. The lowest BCUT2D eigenvalue weighted by Gasteiger charge is -2.35. The fourth-order valence-corrected chi connectivity index (χ4v) is 2.22. The number of amides is 1. The van der Waals surface area contributed by atoms with Gasteiger partial charge in [-0.2, -0.15) is 0 Å². The van der Waals surface area contributed by atoms with Crippen molar-refractivity contribution in [1.82, 2.24) is 4.90 Å². The first kappa shape index (κ1) is 15.8. The summed E-state index contributed by atoms with van der Waals surface area (Å²) < 4.78 is 10.1. The van der Waals surface area contributed by atoms with E-state index in [2.05, 4.69) is 0 Å². The Morgan fingerprint density at radius 1 is 1.32 bits per heavy atom. The molecule has 0 saturated carbocycles. The third-order valence-electron chi connectivity index (χ3n) is 3.44. The van der Waals surface area contributed by atoms with Gasteiger partial charge >= 0.3 is 12.1 Å². The van der Waals surface area contributed by atoms with Gasteiger partial charge in [-0.25, -0.2) is 4.79 Å². The summed E-state index contributed by atoms with van der Waals surface area (Å²) in [6.45, 7) is 9.26. The Labute approximate surface area is 114 Å². The van der Waals surface area contributed by atoms with Gasteiger partial charge in [0.25, 0.3) is 0 Å². The van der Waals surface area contributed by atoms with Crippen molar-refractivity contribution in [1.29, 1.82) is 0 Å². The monoisotopic (exact) mass is 272 g/mol. The van der Waals surface area contributed by atoms with Gasteiger partial charge in [0, 0.05) is 12.6 Å². The van der Waals surface area contributed by atoms with Gasteiger partial charge in [0.15, 0.2) is 0 Å². The number of ether oxygens (including phenoxy) is 2. The molecule has 0 aromatic heterocycles. The van der Waals surface area contributed by atoms with Crippen molar-refractivity contribution in [2.75, 3.05) is 13.7 Å². The zero-order valence-electron chi connectivity index (χ0n) is 12.5. The first-order valence-electron chi connectivity index (χ1n) is 6.34. The van der Waals surface area contributed by atoms with Crippen LogP contribution in [0.5, 0.6) is 0 Å². The molecule has 0 aromatic carbocycles. The first-order valence-corrected chi connectivity index (χ1v) is 6.34. The van der Waals surface area contributed by atoms with E-state index >= 15 is 0 Å². The van der Waals surface area contributed by atoms with Gasteiger partial charge in [-0.1, -0.05) is 0 Å². The molecule has 1 aliphatic heterocycles. The Morgan fingerprint density at radius 2 is 1.84 bits per heavy atom. The van der Waals surface area contributed by atoms with Crippen LogP contribution >= 0.6 is 0 Å². The highest BCUT2D eigenvalue weighted by molar-refractivity contribution is 5.77. The van der Waals surface area contributed by atoms with Crippen LogP contribution in [0.2, 0.25) is 0 Å². The number of nitrogens with two attached hydrogens (primary N) is 1. The maximum atomic E-state index is 12.2. The minimum atomic E-state index is -0.652. The molecule has 1 rings (SSSR count). The third kappa shape index (κ3) is 3.18. The lowest BCUT2D eigenvalue weighted by molar-refractivity contribution is -0.145. The van der Waals surface area contributed by atoms with Crippen LogP contribution in [0.25, 0.3) is 0 Å². The average Bonchev–Trinajstić information content (AvgIpc) is 2.48. The van der Waals surface area contributed by atoms with E-state index in [0.29, 0.717) is 0 Å². The molecule has 6 heteroatoms. The molecule has 2 atom stereocenters. The number of nitrogens with zero attached hydrogens (tertiary/aromatic N) is 1. The largest absolute Gasteiger partial charge is 0.469 e. The van der Waals surface area contributed by atoms with Gasteiger partial charge in [-0.05, 0) is 34.6 Å². The summed E-state index contributed by atoms with van der Waals surface area (Å²) in [5, 5.41) is 0. The topological polar surface area (TPSA) is 81.9 Å². The number of likely N-dealkylation sites (tertiary alicyclic amines) is 1. The summed E-state index contributed by atoms with van der Waals surface area (Å²) >= 11 is 0. The van der Waals surface area contributed by atoms with E-state index in [0.717, 1.165) is 0 Å².